The van der Waals surface area contributed by atoms with Crippen LogP contribution in [0.1, 0.15) is 0 Å². The Labute approximate surface area is 32.8 Å². The van der Waals surface area contributed by atoms with E-state index in [2.05, 4.69) is 0 Å². The van der Waals surface area contributed by atoms with Crippen molar-refractivity contribution < 1.29 is 13.0 Å². The third-order valence-electron chi connectivity index (χ3n) is 0. The summed E-state index contributed by atoms with van der Waals surface area (Å²) in [4.78, 5) is 0. The van der Waals surface area contributed by atoms with Crippen molar-refractivity contribution in [1.29, 1.82) is 0 Å². The van der Waals surface area contributed by atoms with Crippen LogP contribution in [0.4, 0.5) is 0 Å². The first-order valence-electron chi connectivity index (χ1n) is 0.720. The lowest BCUT2D eigenvalue weighted by atomic mass is 15.9. The minimum Gasteiger partial charge on any atom is -0.443 e. The summed E-state index contributed by atoms with van der Waals surface area (Å²) in [6, 6.07) is 0. The van der Waals surface area contributed by atoms with E-state index in [9.17, 15) is 0 Å². The summed E-state index contributed by atoms with van der Waals surface area (Å²) in [6.45, 7) is 0. The van der Waals surface area contributed by atoms with Crippen molar-refractivity contribution in [2.75, 3.05) is 0 Å². The second-order valence-electron chi connectivity index (χ2n) is 0.475. The normalized spacial score (nSPS) is 11.6. The first kappa shape index (κ1) is 5.13. The van der Waals surface area contributed by atoms with Crippen LogP contribution in [0.3, 0.4) is 0 Å². The van der Waals surface area contributed by atoms with E-state index in [-0.39, 0.29) is 0 Å². The Balaban J connectivity index is 4.06. The average Bonchev–Trinajstić information content (AvgIpc) is 0.722. The molecule has 0 heterocycles. The molecule has 0 amide bonds. The van der Waals surface area contributed by atoms with Gasteiger partial charge in [0.05, 0.1) is 0 Å². The molecule has 0 unspecified atom stereocenters. The van der Waals surface area contributed by atoms with Gasteiger partial charge in [-0.3, -0.25) is 0 Å². The molecule has 0 bridgehead atoms. The van der Waals surface area contributed by atoms with Crippen molar-refractivity contribution in [3.05, 3.63) is 0 Å². The van der Waals surface area contributed by atoms with E-state index in [1.807, 2.05) is 9.39 Å². The molecule has 1 N–H and O–H groups in total. The maximum atomic E-state index is 9.10. The summed E-state index contributed by atoms with van der Waals surface area (Å²) in [5.41, 5.74) is 0. The first-order valence-corrected chi connectivity index (χ1v) is 3.38. The fraction of sp³-hybridized carbons (Fsp3) is 0. The summed E-state index contributed by atoms with van der Waals surface area (Å²) < 4.78 is 25.6. The molecule has 0 aromatic carbocycles. The molecule has 30 valence electrons. The minimum absolute atomic E-state index is 1.95. The van der Waals surface area contributed by atoms with Gasteiger partial charge < -0.3 is 13.9 Å². The topological polar surface area (TPSA) is 54.4 Å². The van der Waals surface area contributed by atoms with Crippen LogP contribution >= 0.6 is 0 Å². The summed E-state index contributed by atoms with van der Waals surface area (Å²) in [5.74, 6) is 0. The van der Waals surface area contributed by atoms with Crippen LogP contribution < -0.4 is 0 Å². The third-order valence-corrected chi connectivity index (χ3v) is 0. The van der Waals surface area contributed by atoms with Gasteiger partial charge in [-0.15, -0.1) is 0 Å². The van der Waals surface area contributed by atoms with E-state index in [0.29, 0.717) is 0 Å². The zero-order valence-corrected chi connectivity index (χ0v) is 3.99. The summed E-state index contributed by atoms with van der Waals surface area (Å²) in [6.07, 6.45) is 0. The molecule has 0 spiro atoms. The molecule has 0 fully saturated rings. The number of rotatable bonds is 0. The molecular formula is HO3SSi-. The highest BCUT2D eigenvalue weighted by Crippen LogP contribution is 1.57. The largest absolute Gasteiger partial charge is 0.443 e. The molecule has 2 radical (unpaired) electrons. The molecule has 0 aromatic rings. The molecule has 0 aliphatic heterocycles. The Morgan fingerprint density at radius 2 is 1.60 bits per heavy atom. The lowest BCUT2D eigenvalue weighted by molar-refractivity contribution is 0.501. The van der Waals surface area contributed by atoms with Crippen molar-refractivity contribution in [2.24, 2.45) is 0 Å². The predicted octanol–water partition coefficient (Wildman–Crippen LogP) is -1.04. The predicted molar refractivity (Wildman–Crippen MR) is 17.3 cm³/mol. The Kier molecular flexibility index (Phi) is 1.10. The van der Waals surface area contributed by atoms with Crippen LogP contribution in [0.5, 0.6) is 0 Å². The Hall–Kier alpha value is 0.127. The van der Waals surface area contributed by atoms with Gasteiger partial charge in [0.15, 0.2) is 0 Å². The minimum atomic E-state index is -3.86. The van der Waals surface area contributed by atoms with Gasteiger partial charge in [0, 0.05) is 9.57 Å². The van der Waals surface area contributed by atoms with Crippen LogP contribution in [0.25, 0.3) is 0 Å². The summed E-state index contributed by atoms with van der Waals surface area (Å²) in [5, 5.41) is 0. The lowest BCUT2D eigenvalue weighted by Gasteiger charge is -1.90. The van der Waals surface area contributed by atoms with Crippen molar-refractivity contribution >= 4 is 19.0 Å². The molecular weight excluding hydrogens is 108 g/mol. The molecule has 0 aliphatic carbocycles. The highest BCUT2D eigenvalue weighted by molar-refractivity contribution is 8.07. The van der Waals surface area contributed by atoms with E-state index in [0.717, 1.165) is 0 Å². The van der Waals surface area contributed by atoms with E-state index >= 15 is 0 Å². The maximum Gasteiger partial charge on any atom is 0.0324 e. The molecule has 5 heteroatoms. The van der Waals surface area contributed by atoms with Gasteiger partial charge in [-0.25, -0.2) is 8.42 Å². The quantitative estimate of drug-likeness (QED) is 0.319. The standard InChI is InChI=1S/HO3SSi/c1-4(2,3)5/h(H,1,2,3)/q-1. The van der Waals surface area contributed by atoms with Crippen molar-refractivity contribution in [2.45, 2.75) is 0 Å². The summed E-state index contributed by atoms with van der Waals surface area (Å²) in [7, 11) is -1.91. The molecule has 0 rings (SSSR count). The van der Waals surface area contributed by atoms with E-state index < -0.39 is 9.57 Å². The average molecular weight is 109 g/mol. The Morgan fingerprint density at radius 3 is 1.60 bits per heavy atom. The smallest absolute Gasteiger partial charge is 0.0324 e. The second kappa shape index (κ2) is 1.07. The molecule has 0 aliphatic rings. The van der Waals surface area contributed by atoms with Gasteiger partial charge in [0.1, 0.15) is 0 Å². The molecule has 0 saturated heterocycles. The van der Waals surface area contributed by atoms with Gasteiger partial charge in [-0.2, -0.15) is 0 Å². The summed E-state index contributed by atoms with van der Waals surface area (Å²) >= 11 is 0. The van der Waals surface area contributed by atoms with Crippen molar-refractivity contribution in [3.8, 4) is 0 Å². The van der Waals surface area contributed by atoms with Gasteiger partial charge >= 0.3 is 0 Å². The highest BCUT2D eigenvalue weighted by atomic mass is 32.4. The monoisotopic (exact) mass is 109 g/mol. The van der Waals surface area contributed by atoms with Gasteiger partial charge in [0.2, 0.25) is 0 Å². The first-order chi connectivity index (χ1) is 2.00. The van der Waals surface area contributed by atoms with Crippen LogP contribution in [-0.4, -0.2) is 22.4 Å². The second-order valence-corrected chi connectivity index (χ2v) is 2.97. The van der Waals surface area contributed by atoms with Gasteiger partial charge in [-0.1, -0.05) is 0 Å². The third kappa shape index (κ3) is 1160. The van der Waals surface area contributed by atoms with E-state index in [4.69, 9.17) is 13.0 Å². The van der Waals surface area contributed by atoms with Crippen LogP contribution in [-0.2, 0) is 9.57 Å². The number of hydrogen-bond acceptors (Lipinski definition) is 2. The van der Waals surface area contributed by atoms with Crippen LogP contribution in [0, 0.1) is 0 Å². The van der Waals surface area contributed by atoms with Crippen molar-refractivity contribution in [1.82, 2.24) is 0 Å². The Morgan fingerprint density at radius 1 is 1.60 bits per heavy atom. The van der Waals surface area contributed by atoms with Crippen molar-refractivity contribution in [3.63, 3.8) is 0 Å². The maximum absolute atomic E-state index is 9.10. The fourth-order valence-electron chi connectivity index (χ4n) is 0. The van der Waals surface area contributed by atoms with Gasteiger partial charge in [-0.05, 0) is 0 Å². The molecule has 3 nitrogen and oxygen atoms in total. The Bertz CT molecular complexity index is 90.1. The lowest BCUT2D eigenvalue weighted by Crippen LogP contribution is -1.91. The molecule has 5 heavy (non-hydrogen) atoms. The zero-order chi connectivity index (χ0) is 4.50. The molecule has 0 atom stereocenters. The van der Waals surface area contributed by atoms with E-state index in [1.54, 1.807) is 0 Å². The van der Waals surface area contributed by atoms with E-state index in [1.165, 1.54) is 0 Å². The zero-order valence-electron chi connectivity index (χ0n) is 2.17. The highest BCUT2D eigenvalue weighted by Gasteiger charge is 1.59. The SMILES string of the molecule is O=S(=O)(O)[Si-]. The fourth-order valence-corrected chi connectivity index (χ4v) is 0. The van der Waals surface area contributed by atoms with Gasteiger partial charge in [0.25, 0.3) is 0 Å². The van der Waals surface area contributed by atoms with Crippen LogP contribution in [0.2, 0.25) is 0 Å². The number of hydrogen-bond donors (Lipinski definition) is 1. The molecule has 0 saturated carbocycles. The van der Waals surface area contributed by atoms with Crippen LogP contribution in [0.15, 0.2) is 0 Å². The molecule has 0 aromatic heterocycles.